The van der Waals surface area contributed by atoms with Crippen LogP contribution in [0.25, 0.3) is 0 Å². The molecular weight excluding hydrogens is 382 g/mol. The van der Waals surface area contributed by atoms with Gasteiger partial charge in [0.05, 0.1) is 0 Å². The van der Waals surface area contributed by atoms with Crippen molar-refractivity contribution in [2.75, 3.05) is 0 Å². The monoisotopic (exact) mass is 394 g/mol. The van der Waals surface area contributed by atoms with Gasteiger partial charge >= 0.3 is 130 Å². The predicted molar refractivity (Wildman–Crippen MR) is 80.8 cm³/mol. The quantitative estimate of drug-likeness (QED) is 0.590. The van der Waals surface area contributed by atoms with Crippen molar-refractivity contribution in [3.63, 3.8) is 0 Å². The van der Waals surface area contributed by atoms with Gasteiger partial charge in [-0.25, -0.2) is 0 Å². The molecule has 0 spiro atoms. The van der Waals surface area contributed by atoms with Gasteiger partial charge in [0.2, 0.25) is 0 Å². The minimum absolute atomic E-state index is 0.0496. The zero-order valence-electron chi connectivity index (χ0n) is 10.4. The summed E-state index contributed by atoms with van der Waals surface area (Å²) in [4.78, 5) is 29.3. The fourth-order valence-electron chi connectivity index (χ4n) is 1.40. The summed E-state index contributed by atoms with van der Waals surface area (Å²) < 4.78 is 0.0992. The van der Waals surface area contributed by atoms with Gasteiger partial charge in [-0.15, -0.1) is 0 Å². The summed E-state index contributed by atoms with van der Waals surface area (Å²) in [5.41, 5.74) is 1.37. The Hall–Kier alpha value is -1.62. The molecule has 2 aromatic rings. The fraction of sp³-hybridized carbons (Fsp3) is 0. The summed E-state index contributed by atoms with van der Waals surface area (Å²) in [6.07, 6.45) is 0. The van der Waals surface area contributed by atoms with Crippen LogP contribution in [-0.2, 0) is 0 Å². The summed E-state index contributed by atoms with van der Waals surface area (Å²) in [7, 11) is 0. The van der Waals surface area contributed by atoms with E-state index in [0.717, 1.165) is 0 Å². The van der Waals surface area contributed by atoms with Crippen molar-refractivity contribution >= 4 is 39.3 Å². The second-order valence-corrected chi connectivity index (χ2v) is 6.98. The molecule has 0 saturated heterocycles. The van der Waals surface area contributed by atoms with Gasteiger partial charge in [-0.3, -0.25) is 0 Å². The molecule has 98 valence electrons. The number of benzene rings is 2. The van der Waals surface area contributed by atoms with Gasteiger partial charge in [0.25, 0.3) is 0 Å². The average Bonchev–Trinajstić information content (AvgIpc) is 2.53. The van der Waals surface area contributed by atoms with Crippen LogP contribution in [0.5, 0.6) is 0 Å². The summed E-state index contributed by atoms with van der Waals surface area (Å²) >= 11 is -0.833. The molecule has 0 amide bonds. The van der Waals surface area contributed by atoms with E-state index < -0.39 is 29.9 Å². The Morgan fingerprint density at radius 3 is 1.35 bits per heavy atom. The third-order valence-corrected chi connectivity index (χ3v) is 5.63. The van der Waals surface area contributed by atoms with Crippen molar-refractivity contribution in [1.29, 1.82) is 0 Å². The van der Waals surface area contributed by atoms with E-state index >= 15 is 0 Å². The van der Waals surface area contributed by atoms with Crippen LogP contribution in [0.3, 0.4) is 0 Å². The Labute approximate surface area is 130 Å². The van der Waals surface area contributed by atoms with Crippen LogP contribution in [0, 0.1) is 9.64 Å². The predicted octanol–water partition coefficient (Wildman–Crippen LogP) is 1.99. The van der Waals surface area contributed by atoms with Crippen LogP contribution in [0.4, 0.5) is 0 Å². The Balaban J connectivity index is 1.87. The van der Waals surface area contributed by atoms with Crippen molar-refractivity contribution in [3.05, 3.63) is 71.8 Å². The number of carbonyl (C=O) groups is 2. The summed E-state index contributed by atoms with van der Waals surface area (Å²) in [6.45, 7) is 0. The van der Waals surface area contributed by atoms with E-state index in [1.54, 1.807) is 24.3 Å². The minimum atomic E-state index is -0.417. The Morgan fingerprint density at radius 1 is 0.650 bits per heavy atom. The zero-order valence-corrected chi connectivity index (χ0v) is 13.8. The molecule has 0 atom stereocenters. The fourth-order valence-corrected chi connectivity index (χ4v) is 3.94. The van der Waals surface area contributed by atoms with Gasteiger partial charge in [0.1, 0.15) is 0 Å². The first-order valence-corrected chi connectivity index (χ1v) is 9.22. The van der Waals surface area contributed by atoms with E-state index in [2.05, 4.69) is 9.64 Å². The Morgan fingerprint density at radius 2 is 1.00 bits per heavy atom. The molecule has 0 aliphatic rings. The van der Waals surface area contributed by atoms with Crippen molar-refractivity contribution in [2.24, 2.45) is 0 Å². The van der Waals surface area contributed by atoms with Gasteiger partial charge in [-0.2, -0.15) is 0 Å². The number of hydrogen-bond donors (Lipinski definition) is 0. The van der Waals surface area contributed by atoms with Gasteiger partial charge in [0.15, 0.2) is 0 Å². The molecule has 0 radical (unpaired) electrons. The average molecular weight is 392 g/mol. The van der Waals surface area contributed by atoms with Crippen LogP contribution >= 0.6 is 0 Å². The number of carbonyl (C=O) groups excluding carboxylic acids is 2. The molecule has 0 aliphatic carbocycles. The van der Waals surface area contributed by atoms with E-state index in [9.17, 15) is 9.59 Å². The molecule has 2 aromatic carbocycles. The molecule has 0 saturated carbocycles. The molecule has 0 fully saturated rings. The Kier molecular flexibility index (Phi) is 5.80. The van der Waals surface area contributed by atoms with Gasteiger partial charge < -0.3 is 0 Å². The van der Waals surface area contributed by atoms with Crippen LogP contribution in [-0.4, -0.2) is 39.3 Å². The van der Waals surface area contributed by atoms with Gasteiger partial charge in [-0.1, -0.05) is 0 Å². The first-order valence-electron chi connectivity index (χ1n) is 5.80. The second kappa shape index (κ2) is 7.84. The number of hydrogen-bond acceptors (Lipinski definition) is 2. The third kappa shape index (κ3) is 4.49. The SMILES string of the molecule is O=C([Se]C#C[Se]C(=O)c1ccccc1)c1ccccc1. The van der Waals surface area contributed by atoms with Crippen molar-refractivity contribution < 1.29 is 9.59 Å². The second-order valence-electron chi connectivity index (χ2n) is 3.72. The standard InChI is InChI=1S/C16H10O2Se2/c17-15(13-7-3-1-4-8-13)19-11-12-20-16(18)14-9-5-2-6-10-14/h1-10H. The molecule has 4 heteroatoms. The molecule has 0 heterocycles. The number of rotatable bonds is 4. The molecule has 0 bridgehead atoms. The maximum absolute atomic E-state index is 11.8. The summed E-state index contributed by atoms with van der Waals surface area (Å²) in [5, 5.41) is 0. The van der Waals surface area contributed by atoms with Crippen molar-refractivity contribution in [3.8, 4) is 9.64 Å². The molecule has 20 heavy (non-hydrogen) atoms. The van der Waals surface area contributed by atoms with Gasteiger partial charge in [0, 0.05) is 0 Å². The molecule has 2 rings (SSSR count). The van der Waals surface area contributed by atoms with Crippen LogP contribution in [0.1, 0.15) is 20.7 Å². The first-order chi connectivity index (χ1) is 9.77. The van der Waals surface area contributed by atoms with E-state index in [1.807, 2.05) is 36.4 Å². The van der Waals surface area contributed by atoms with Crippen LogP contribution in [0.2, 0.25) is 0 Å². The first kappa shape index (κ1) is 14.8. The molecular formula is C16H10O2Se2. The Bertz CT molecular complexity index is 598. The molecule has 0 N–H and O–H groups in total. The van der Waals surface area contributed by atoms with Crippen LogP contribution < -0.4 is 0 Å². The zero-order chi connectivity index (χ0) is 14.2. The van der Waals surface area contributed by atoms with E-state index in [1.165, 1.54) is 0 Å². The van der Waals surface area contributed by atoms with Crippen molar-refractivity contribution in [2.45, 2.75) is 0 Å². The summed E-state index contributed by atoms with van der Waals surface area (Å²) in [6, 6.07) is 18.2. The van der Waals surface area contributed by atoms with Gasteiger partial charge in [-0.05, 0) is 0 Å². The topological polar surface area (TPSA) is 34.1 Å². The van der Waals surface area contributed by atoms with E-state index in [4.69, 9.17) is 0 Å². The normalized spacial score (nSPS) is 9.40. The molecule has 0 aromatic heterocycles. The van der Waals surface area contributed by atoms with Crippen molar-refractivity contribution in [1.82, 2.24) is 0 Å². The van der Waals surface area contributed by atoms with Crippen LogP contribution in [0.15, 0.2) is 60.7 Å². The van der Waals surface area contributed by atoms with E-state index in [0.29, 0.717) is 11.1 Å². The molecule has 0 unspecified atom stereocenters. The molecule has 2 nitrogen and oxygen atoms in total. The molecule has 0 aliphatic heterocycles. The van der Waals surface area contributed by atoms with E-state index in [-0.39, 0.29) is 9.36 Å². The third-order valence-electron chi connectivity index (χ3n) is 2.35. The maximum atomic E-state index is 11.8. The summed E-state index contributed by atoms with van der Waals surface area (Å²) in [5.74, 6) is 0.